The normalized spacial score (nSPS) is 18.2. The van der Waals surface area contributed by atoms with Gasteiger partial charge < -0.3 is 10.3 Å². The molecule has 2 rings (SSSR count). The van der Waals surface area contributed by atoms with Crippen molar-refractivity contribution in [1.82, 2.24) is 0 Å². The number of hydrogen-bond acceptors (Lipinski definition) is 6. The maximum atomic E-state index is 12.3. The molecule has 1 heterocycles. The second-order valence-corrected chi connectivity index (χ2v) is 7.00. The number of allylic oxidation sites excluding steroid dienone is 1. The van der Waals surface area contributed by atoms with Crippen LogP contribution in [0.1, 0.15) is 10.4 Å². The molecule has 0 bridgehead atoms. The molecule has 0 amide bonds. The minimum Gasteiger partial charge on any atom is -0.623 e. The Morgan fingerprint density at radius 2 is 2.05 bits per heavy atom. The lowest BCUT2D eigenvalue weighted by molar-refractivity contribution is -0.464. The molecule has 0 radical (unpaired) electrons. The number of ketones is 2. The summed E-state index contributed by atoms with van der Waals surface area (Å²) in [5.41, 5.74) is -0.403. The summed E-state index contributed by atoms with van der Waals surface area (Å²) in [4.78, 5) is 23.6. The highest BCUT2D eigenvalue weighted by Gasteiger charge is 2.36. The first kappa shape index (κ1) is 16.2. The van der Waals surface area contributed by atoms with Gasteiger partial charge in [-0.05, 0) is 12.1 Å². The Morgan fingerprint density at radius 3 is 2.59 bits per heavy atom. The molecule has 1 unspecified atom stereocenters. The Labute approximate surface area is 130 Å². The van der Waals surface area contributed by atoms with E-state index >= 15 is 0 Å². The molecule has 0 aromatic heterocycles. The molecule has 1 N–H and O–H groups in total. The monoisotopic (exact) mass is 343 g/mol. The maximum absolute atomic E-state index is 12.3. The molecule has 116 valence electrons. The number of Topliss-reactive ketones (excluding diaryl/α,β-unsaturated/α-hetero) is 1. The van der Waals surface area contributed by atoms with Gasteiger partial charge in [0.2, 0.25) is 11.6 Å². The number of phenols is 1. The summed E-state index contributed by atoms with van der Waals surface area (Å²) < 4.78 is 23.1. The highest BCUT2D eigenvalue weighted by atomic mass is 35.5. The molecule has 1 atom stereocenters. The van der Waals surface area contributed by atoms with Gasteiger partial charge in [0, 0.05) is 18.4 Å². The maximum Gasteiger partial charge on any atom is 0.287 e. The topological polar surface area (TPSA) is 115 Å². The van der Waals surface area contributed by atoms with Crippen LogP contribution in [0.15, 0.2) is 29.2 Å². The highest BCUT2D eigenvalue weighted by molar-refractivity contribution is 7.90. The lowest BCUT2D eigenvalue weighted by Gasteiger charge is -2.16. The van der Waals surface area contributed by atoms with Crippen molar-refractivity contribution in [1.29, 1.82) is 0 Å². The van der Waals surface area contributed by atoms with Crippen molar-refractivity contribution in [2.24, 2.45) is 0 Å². The lowest BCUT2D eigenvalue weighted by Crippen LogP contribution is -2.40. The van der Waals surface area contributed by atoms with Crippen molar-refractivity contribution in [3.63, 3.8) is 0 Å². The molecular weight excluding hydrogens is 334 g/mol. The Morgan fingerprint density at radius 1 is 1.41 bits per heavy atom. The largest absolute Gasteiger partial charge is 0.623 e. The number of hydroxylamine groups is 1. The molecule has 1 aromatic rings. The number of benzene rings is 1. The van der Waals surface area contributed by atoms with Gasteiger partial charge in [0.15, 0.2) is 16.1 Å². The van der Waals surface area contributed by atoms with Crippen molar-refractivity contribution >= 4 is 39.2 Å². The molecule has 0 saturated heterocycles. The molecular formula is C13H10ClNO6S. The smallest absolute Gasteiger partial charge is 0.287 e. The lowest BCUT2D eigenvalue weighted by atomic mass is 9.98. The number of aromatic hydroxyl groups is 1. The number of phenolic OH excluding ortho intramolecular Hbond substituents is 1. The van der Waals surface area contributed by atoms with E-state index in [4.69, 9.17) is 11.6 Å². The first-order valence-corrected chi connectivity index (χ1v) is 8.17. The summed E-state index contributed by atoms with van der Waals surface area (Å²) in [6.45, 7) is 0. The Kier molecular flexibility index (Phi) is 4.08. The summed E-state index contributed by atoms with van der Waals surface area (Å²) in [6.07, 6.45) is 4.13. The van der Waals surface area contributed by atoms with Crippen LogP contribution in [-0.4, -0.2) is 48.3 Å². The molecule has 9 heteroatoms. The fourth-order valence-electron chi connectivity index (χ4n) is 1.94. The van der Waals surface area contributed by atoms with E-state index in [1.807, 2.05) is 0 Å². The van der Waals surface area contributed by atoms with Crippen LogP contribution in [0.5, 0.6) is 5.75 Å². The van der Waals surface area contributed by atoms with Gasteiger partial charge in [0.25, 0.3) is 6.04 Å². The number of rotatable bonds is 3. The fraction of sp³-hybridized carbons (Fsp3) is 0.154. The second kappa shape index (κ2) is 5.54. The van der Waals surface area contributed by atoms with E-state index in [9.17, 15) is 28.3 Å². The standard InChI is InChI=1S/C13H10ClNO6S/c1-22(20,21)11-6-10(17)7(5-8(11)14)13(18)12-9(16)3-2-4-15(12)19/h2-6,12,17H,1H3. The van der Waals surface area contributed by atoms with E-state index < -0.39 is 38.8 Å². The molecule has 1 aliphatic rings. The van der Waals surface area contributed by atoms with E-state index in [2.05, 4.69) is 0 Å². The van der Waals surface area contributed by atoms with Crippen LogP contribution < -0.4 is 0 Å². The number of nitrogens with zero attached hydrogens (tertiary/aromatic N) is 1. The van der Waals surface area contributed by atoms with Gasteiger partial charge in [-0.2, -0.15) is 4.74 Å². The zero-order valence-corrected chi connectivity index (χ0v) is 12.8. The third-order valence-corrected chi connectivity index (χ3v) is 4.54. The summed E-state index contributed by atoms with van der Waals surface area (Å²) in [5, 5.41) is 21.2. The number of carbonyl (C=O) groups is 2. The molecule has 0 saturated carbocycles. The molecule has 7 nitrogen and oxygen atoms in total. The third-order valence-electron chi connectivity index (χ3n) is 2.98. The van der Waals surface area contributed by atoms with Crippen molar-refractivity contribution in [3.8, 4) is 5.75 Å². The zero-order valence-electron chi connectivity index (χ0n) is 11.2. The van der Waals surface area contributed by atoms with E-state index in [1.54, 1.807) is 0 Å². The van der Waals surface area contributed by atoms with Crippen LogP contribution in [-0.2, 0) is 14.6 Å². The average molecular weight is 344 g/mol. The zero-order chi connectivity index (χ0) is 16.7. The quantitative estimate of drug-likeness (QED) is 0.374. The van der Waals surface area contributed by atoms with Crippen molar-refractivity contribution in [3.05, 3.63) is 40.1 Å². The summed E-state index contributed by atoms with van der Waals surface area (Å²) >= 11 is 5.80. The van der Waals surface area contributed by atoms with Crippen LogP contribution >= 0.6 is 11.6 Å². The molecule has 0 aliphatic carbocycles. The minimum atomic E-state index is -3.70. The molecule has 0 fully saturated rings. The Hall–Kier alpha value is -2.19. The molecule has 0 spiro atoms. The number of carbonyl (C=O) groups excluding carboxylic acids is 2. The fourth-order valence-corrected chi connectivity index (χ4v) is 3.26. The van der Waals surface area contributed by atoms with E-state index in [0.29, 0.717) is 0 Å². The van der Waals surface area contributed by atoms with Gasteiger partial charge in [-0.15, -0.1) is 0 Å². The Bertz CT molecular complexity index is 840. The van der Waals surface area contributed by atoms with E-state index in [-0.39, 0.29) is 14.7 Å². The van der Waals surface area contributed by atoms with Gasteiger partial charge in [0.1, 0.15) is 5.75 Å². The number of sulfone groups is 1. The van der Waals surface area contributed by atoms with Crippen LogP contribution in [0.3, 0.4) is 0 Å². The van der Waals surface area contributed by atoms with Crippen LogP contribution in [0.4, 0.5) is 0 Å². The highest BCUT2D eigenvalue weighted by Crippen LogP contribution is 2.30. The van der Waals surface area contributed by atoms with Crippen molar-refractivity contribution in [2.45, 2.75) is 10.9 Å². The Balaban J connectivity index is 2.53. The molecule has 22 heavy (non-hydrogen) atoms. The number of hydrogen-bond donors (Lipinski definition) is 1. The third kappa shape index (κ3) is 2.88. The summed E-state index contributed by atoms with van der Waals surface area (Å²) in [5.74, 6) is -2.39. The second-order valence-electron chi connectivity index (χ2n) is 4.61. The van der Waals surface area contributed by atoms with Gasteiger partial charge in [-0.1, -0.05) is 11.6 Å². The SMILES string of the molecule is CS(=O)(=O)c1cc(O)c(C(=O)C2C(=O)C=CC=[N+]2[O-])cc1Cl. The van der Waals surface area contributed by atoms with Crippen LogP contribution in [0.25, 0.3) is 0 Å². The van der Waals surface area contributed by atoms with Gasteiger partial charge in [-0.3, -0.25) is 9.59 Å². The first-order chi connectivity index (χ1) is 10.1. The van der Waals surface area contributed by atoms with Gasteiger partial charge in [-0.25, -0.2) is 8.42 Å². The predicted octanol–water partition coefficient (Wildman–Crippen LogP) is 0.720. The van der Waals surface area contributed by atoms with E-state index in [1.165, 1.54) is 6.08 Å². The van der Waals surface area contributed by atoms with E-state index in [0.717, 1.165) is 30.7 Å². The van der Waals surface area contributed by atoms with Gasteiger partial charge >= 0.3 is 0 Å². The summed E-state index contributed by atoms with van der Waals surface area (Å²) in [7, 11) is -3.70. The van der Waals surface area contributed by atoms with Crippen LogP contribution in [0, 0.1) is 5.21 Å². The molecule has 1 aliphatic heterocycles. The first-order valence-electron chi connectivity index (χ1n) is 5.90. The van der Waals surface area contributed by atoms with Crippen LogP contribution in [0.2, 0.25) is 5.02 Å². The number of halogens is 1. The van der Waals surface area contributed by atoms with Gasteiger partial charge in [0.05, 0.1) is 15.5 Å². The predicted molar refractivity (Wildman–Crippen MR) is 78.2 cm³/mol. The average Bonchev–Trinajstić information content (AvgIpc) is 2.39. The van der Waals surface area contributed by atoms with Crippen molar-refractivity contribution in [2.75, 3.05) is 6.26 Å². The van der Waals surface area contributed by atoms with Crippen molar-refractivity contribution < 1.29 is 27.9 Å². The minimum absolute atomic E-state index is 0.155. The summed E-state index contributed by atoms with van der Waals surface area (Å²) in [6, 6.07) is 0.0677. The molecule has 1 aromatic carbocycles.